The summed E-state index contributed by atoms with van der Waals surface area (Å²) in [5.41, 5.74) is 0.945. The number of rotatable bonds is 5. The van der Waals surface area contributed by atoms with E-state index >= 15 is 0 Å². The molecule has 0 bridgehead atoms. The number of carbonyl (C=O) groups is 2. The van der Waals surface area contributed by atoms with Crippen molar-refractivity contribution in [1.82, 2.24) is 0 Å². The molecule has 1 aliphatic rings. The average Bonchev–Trinajstić information content (AvgIpc) is 3.05. The number of halogens is 2. The summed E-state index contributed by atoms with van der Waals surface area (Å²) in [6, 6.07) is 16.3. The summed E-state index contributed by atoms with van der Waals surface area (Å²) in [7, 11) is 0. The van der Waals surface area contributed by atoms with Gasteiger partial charge in [0, 0.05) is 11.3 Å². The van der Waals surface area contributed by atoms with Gasteiger partial charge in [0.15, 0.2) is 0 Å². The first kappa shape index (κ1) is 23.7. The number of aromatic hydroxyl groups is 1. The van der Waals surface area contributed by atoms with Crippen LogP contribution in [0.25, 0.3) is 5.76 Å². The second-order valence-corrected chi connectivity index (χ2v) is 8.87. The minimum atomic E-state index is -1.01. The van der Waals surface area contributed by atoms with E-state index < -0.39 is 17.7 Å². The van der Waals surface area contributed by atoms with Gasteiger partial charge in [0.1, 0.15) is 17.3 Å². The van der Waals surface area contributed by atoms with Crippen LogP contribution in [0.1, 0.15) is 31.0 Å². The van der Waals surface area contributed by atoms with Gasteiger partial charge < -0.3 is 14.9 Å². The summed E-state index contributed by atoms with van der Waals surface area (Å²) < 4.78 is 5.70. The van der Waals surface area contributed by atoms with E-state index in [-0.39, 0.29) is 33.2 Å². The Hall–Kier alpha value is -3.48. The van der Waals surface area contributed by atoms with Crippen LogP contribution in [0, 0.1) is 0 Å². The van der Waals surface area contributed by atoms with Gasteiger partial charge in [-0.05, 0) is 61.9 Å². The lowest BCUT2D eigenvalue weighted by Crippen LogP contribution is -2.29. The number of nitrogens with zero attached hydrogens (tertiary/aromatic N) is 1. The molecule has 0 aromatic heterocycles. The Labute approximate surface area is 206 Å². The first-order chi connectivity index (χ1) is 16.2. The van der Waals surface area contributed by atoms with E-state index in [1.807, 2.05) is 13.8 Å². The molecule has 6 nitrogen and oxygen atoms in total. The number of ether oxygens (including phenoxy) is 1. The van der Waals surface area contributed by atoms with Crippen molar-refractivity contribution in [3.05, 3.63) is 93.5 Å². The first-order valence-corrected chi connectivity index (χ1v) is 11.2. The van der Waals surface area contributed by atoms with Crippen LogP contribution in [-0.2, 0) is 9.59 Å². The van der Waals surface area contributed by atoms with Gasteiger partial charge in [-0.25, -0.2) is 0 Å². The molecule has 1 amide bonds. The van der Waals surface area contributed by atoms with Gasteiger partial charge in [-0.2, -0.15) is 0 Å². The Morgan fingerprint density at radius 3 is 2.38 bits per heavy atom. The van der Waals surface area contributed by atoms with E-state index in [1.54, 1.807) is 42.5 Å². The molecule has 1 heterocycles. The molecule has 34 heavy (non-hydrogen) atoms. The molecule has 0 radical (unpaired) electrons. The van der Waals surface area contributed by atoms with E-state index in [4.69, 9.17) is 27.9 Å². The predicted molar refractivity (Wildman–Crippen MR) is 132 cm³/mol. The molecule has 1 atom stereocenters. The van der Waals surface area contributed by atoms with E-state index in [0.29, 0.717) is 22.6 Å². The predicted octanol–water partition coefficient (Wildman–Crippen LogP) is 6.11. The maximum absolute atomic E-state index is 13.2. The third-order valence-electron chi connectivity index (χ3n) is 5.29. The van der Waals surface area contributed by atoms with Crippen LogP contribution in [0.15, 0.2) is 72.3 Å². The summed E-state index contributed by atoms with van der Waals surface area (Å²) in [6.45, 7) is 3.74. The summed E-state index contributed by atoms with van der Waals surface area (Å²) in [5.74, 6) is -1.62. The fourth-order valence-corrected chi connectivity index (χ4v) is 4.18. The van der Waals surface area contributed by atoms with Crippen molar-refractivity contribution in [1.29, 1.82) is 0 Å². The molecule has 0 aliphatic carbocycles. The Balaban J connectivity index is 1.92. The number of hydrogen-bond donors (Lipinski definition) is 2. The number of phenolic OH excluding ortho intramolecular Hbond substituents is 1. The number of amides is 1. The number of benzene rings is 3. The Kier molecular flexibility index (Phi) is 6.55. The molecule has 4 rings (SSSR count). The van der Waals surface area contributed by atoms with Gasteiger partial charge in [-0.1, -0.05) is 47.5 Å². The standard InChI is InChI=1S/C26H21Cl2NO5/c1-14(2)34-19-8-4-6-16(12-19)24(31)22-23(15-5-3-7-18(30)11-15)29(26(33)25(22)32)17-9-10-20(27)21(28)13-17/h3-14,23,30-31H,1-2H3/b24-22+. The highest BCUT2D eigenvalue weighted by Gasteiger charge is 2.47. The fourth-order valence-electron chi connectivity index (χ4n) is 3.89. The molecule has 0 saturated carbocycles. The van der Waals surface area contributed by atoms with Crippen molar-refractivity contribution in [3.8, 4) is 11.5 Å². The fraction of sp³-hybridized carbons (Fsp3) is 0.154. The third kappa shape index (κ3) is 4.47. The van der Waals surface area contributed by atoms with E-state index in [1.165, 1.54) is 29.2 Å². The van der Waals surface area contributed by atoms with Crippen LogP contribution in [0.3, 0.4) is 0 Å². The van der Waals surface area contributed by atoms with Crippen LogP contribution in [0.2, 0.25) is 10.0 Å². The molecule has 0 spiro atoms. The van der Waals surface area contributed by atoms with Crippen LogP contribution >= 0.6 is 23.2 Å². The number of Topliss-reactive ketones (excluding diaryl/α,β-unsaturated/α-hetero) is 1. The monoisotopic (exact) mass is 497 g/mol. The van der Waals surface area contributed by atoms with Crippen LogP contribution in [0.4, 0.5) is 5.69 Å². The molecular formula is C26H21Cl2NO5. The average molecular weight is 498 g/mol. The van der Waals surface area contributed by atoms with Crippen molar-refractivity contribution in [2.45, 2.75) is 26.0 Å². The smallest absolute Gasteiger partial charge is 0.300 e. The zero-order valence-electron chi connectivity index (χ0n) is 18.3. The van der Waals surface area contributed by atoms with Crippen molar-refractivity contribution in [2.24, 2.45) is 0 Å². The maximum Gasteiger partial charge on any atom is 0.300 e. The van der Waals surface area contributed by atoms with Gasteiger partial charge >= 0.3 is 0 Å². The van der Waals surface area contributed by atoms with Gasteiger partial charge in [-0.3, -0.25) is 14.5 Å². The van der Waals surface area contributed by atoms with Crippen molar-refractivity contribution >= 4 is 46.3 Å². The lowest BCUT2D eigenvalue weighted by atomic mass is 9.95. The molecule has 3 aromatic carbocycles. The SMILES string of the molecule is CC(C)Oc1cccc(/C(O)=C2\C(=O)C(=O)N(c3ccc(Cl)c(Cl)c3)C2c2cccc(O)c2)c1. The number of anilines is 1. The lowest BCUT2D eigenvalue weighted by Gasteiger charge is -2.26. The van der Waals surface area contributed by atoms with Crippen LogP contribution in [-0.4, -0.2) is 28.0 Å². The third-order valence-corrected chi connectivity index (χ3v) is 6.03. The Bertz CT molecular complexity index is 1320. The van der Waals surface area contributed by atoms with Crippen LogP contribution < -0.4 is 9.64 Å². The maximum atomic E-state index is 13.2. The Morgan fingerprint density at radius 1 is 0.971 bits per heavy atom. The normalized spacial score (nSPS) is 17.4. The topological polar surface area (TPSA) is 87.1 Å². The quantitative estimate of drug-likeness (QED) is 0.252. The van der Waals surface area contributed by atoms with Gasteiger partial charge in [0.2, 0.25) is 0 Å². The van der Waals surface area contributed by atoms with Gasteiger partial charge in [-0.15, -0.1) is 0 Å². The van der Waals surface area contributed by atoms with E-state index in [2.05, 4.69) is 0 Å². The number of ketones is 1. The lowest BCUT2D eigenvalue weighted by molar-refractivity contribution is -0.132. The summed E-state index contributed by atoms with van der Waals surface area (Å²) in [5, 5.41) is 21.8. The van der Waals surface area contributed by atoms with E-state index in [0.717, 1.165) is 0 Å². The minimum Gasteiger partial charge on any atom is -0.508 e. The van der Waals surface area contributed by atoms with Gasteiger partial charge in [0.05, 0.1) is 27.8 Å². The van der Waals surface area contributed by atoms with Crippen molar-refractivity contribution in [2.75, 3.05) is 4.90 Å². The highest BCUT2D eigenvalue weighted by atomic mass is 35.5. The molecule has 1 saturated heterocycles. The summed E-state index contributed by atoms with van der Waals surface area (Å²) in [4.78, 5) is 27.7. The molecule has 8 heteroatoms. The number of aliphatic hydroxyl groups excluding tert-OH is 1. The first-order valence-electron chi connectivity index (χ1n) is 10.5. The Morgan fingerprint density at radius 2 is 1.71 bits per heavy atom. The number of aliphatic hydroxyl groups is 1. The highest BCUT2D eigenvalue weighted by molar-refractivity contribution is 6.52. The largest absolute Gasteiger partial charge is 0.508 e. The molecule has 174 valence electrons. The van der Waals surface area contributed by atoms with Crippen molar-refractivity contribution < 1.29 is 24.5 Å². The molecule has 3 aromatic rings. The summed E-state index contributed by atoms with van der Waals surface area (Å²) >= 11 is 12.2. The minimum absolute atomic E-state index is 0.0513. The second-order valence-electron chi connectivity index (χ2n) is 8.06. The molecule has 2 N–H and O–H groups in total. The van der Waals surface area contributed by atoms with Crippen molar-refractivity contribution in [3.63, 3.8) is 0 Å². The van der Waals surface area contributed by atoms with Crippen LogP contribution in [0.5, 0.6) is 11.5 Å². The molecule has 1 fully saturated rings. The number of carbonyl (C=O) groups excluding carboxylic acids is 2. The number of phenols is 1. The second kappa shape index (κ2) is 9.41. The summed E-state index contributed by atoms with van der Waals surface area (Å²) in [6.07, 6.45) is -0.0927. The molecule has 1 aliphatic heterocycles. The number of hydrogen-bond acceptors (Lipinski definition) is 5. The van der Waals surface area contributed by atoms with Gasteiger partial charge in [0.25, 0.3) is 11.7 Å². The van der Waals surface area contributed by atoms with E-state index in [9.17, 15) is 19.8 Å². The molecule has 1 unspecified atom stereocenters. The zero-order valence-corrected chi connectivity index (χ0v) is 19.8. The zero-order chi connectivity index (χ0) is 24.6. The molecular weight excluding hydrogens is 477 g/mol. The highest BCUT2D eigenvalue weighted by Crippen LogP contribution is 2.44.